The fourth-order valence-corrected chi connectivity index (χ4v) is 4.44. The molecule has 4 rings (SSSR count). The summed E-state index contributed by atoms with van der Waals surface area (Å²) in [6.07, 6.45) is -0.161. The van der Waals surface area contributed by atoms with Gasteiger partial charge in [0.15, 0.2) is 5.96 Å². The Morgan fingerprint density at radius 2 is 1.82 bits per heavy atom. The van der Waals surface area contributed by atoms with Gasteiger partial charge in [0.2, 0.25) is 11.7 Å². The molecule has 0 amide bonds. The number of guanidine groups is 1. The summed E-state index contributed by atoms with van der Waals surface area (Å²) in [6, 6.07) is 11.9. The molecule has 1 aliphatic heterocycles. The first-order valence-corrected chi connectivity index (χ1v) is 11.5. The SMILES string of the molecule is CCCc1ccc(CCc2ccc(-c3noc(C4CCCN4C(=N)N)n3)cc2C(F)(F)F)cc1. The second-order valence-corrected chi connectivity index (χ2v) is 8.63. The molecule has 1 fully saturated rings. The van der Waals surface area contributed by atoms with Crippen molar-refractivity contribution in [3.8, 4) is 11.4 Å². The number of nitrogens with one attached hydrogen (secondary N) is 1. The average molecular weight is 472 g/mol. The van der Waals surface area contributed by atoms with Crippen LogP contribution in [-0.2, 0) is 25.4 Å². The van der Waals surface area contributed by atoms with Gasteiger partial charge in [0.05, 0.1) is 5.56 Å². The zero-order valence-corrected chi connectivity index (χ0v) is 19.0. The Labute approximate surface area is 196 Å². The lowest BCUT2D eigenvalue weighted by molar-refractivity contribution is -0.138. The van der Waals surface area contributed by atoms with E-state index in [0.717, 1.165) is 30.9 Å². The molecule has 6 nitrogen and oxygen atoms in total. The molecule has 0 saturated carbocycles. The Balaban J connectivity index is 1.54. The molecule has 3 aromatic rings. The van der Waals surface area contributed by atoms with Crippen molar-refractivity contribution in [1.29, 1.82) is 5.41 Å². The highest BCUT2D eigenvalue weighted by atomic mass is 19.4. The van der Waals surface area contributed by atoms with Crippen molar-refractivity contribution >= 4 is 5.96 Å². The Kier molecular flexibility index (Phi) is 6.90. The van der Waals surface area contributed by atoms with Gasteiger partial charge < -0.3 is 15.2 Å². The van der Waals surface area contributed by atoms with Crippen LogP contribution in [0.5, 0.6) is 0 Å². The number of aryl methyl sites for hydroxylation is 3. The Morgan fingerprint density at radius 3 is 2.47 bits per heavy atom. The minimum absolute atomic E-state index is 0.0916. The van der Waals surface area contributed by atoms with Gasteiger partial charge in [-0.25, -0.2) is 0 Å². The lowest BCUT2D eigenvalue weighted by atomic mass is 9.96. The predicted molar refractivity (Wildman–Crippen MR) is 123 cm³/mol. The van der Waals surface area contributed by atoms with E-state index in [1.807, 2.05) is 24.3 Å². The van der Waals surface area contributed by atoms with Crippen LogP contribution in [0.3, 0.4) is 0 Å². The van der Waals surface area contributed by atoms with Crippen molar-refractivity contribution in [3.05, 3.63) is 70.6 Å². The average Bonchev–Trinajstić information content (AvgIpc) is 3.48. The maximum Gasteiger partial charge on any atom is 0.416 e. The Morgan fingerprint density at radius 1 is 1.12 bits per heavy atom. The molecular weight excluding hydrogens is 443 g/mol. The van der Waals surface area contributed by atoms with E-state index >= 15 is 0 Å². The Hall–Kier alpha value is -3.36. The van der Waals surface area contributed by atoms with Crippen LogP contribution >= 0.6 is 0 Å². The zero-order valence-electron chi connectivity index (χ0n) is 19.0. The van der Waals surface area contributed by atoms with Crippen molar-refractivity contribution in [1.82, 2.24) is 15.0 Å². The monoisotopic (exact) mass is 471 g/mol. The van der Waals surface area contributed by atoms with Crippen molar-refractivity contribution in [2.75, 3.05) is 6.54 Å². The molecule has 2 heterocycles. The highest BCUT2D eigenvalue weighted by Gasteiger charge is 2.35. The van der Waals surface area contributed by atoms with Crippen LogP contribution in [0.25, 0.3) is 11.4 Å². The number of benzene rings is 2. The minimum atomic E-state index is -4.50. The van der Waals surface area contributed by atoms with Crippen LogP contribution in [0.1, 0.15) is 60.4 Å². The molecule has 1 aliphatic rings. The third-order valence-electron chi connectivity index (χ3n) is 6.21. The molecule has 9 heteroatoms. The smallest absolute Gasteiger partial charge is 0.370 e. The maximum atomic E-state index is 13.9. The van der Waals surface area contributed by atoms with Crippen LogP contribution < -0.4 is 5.73 Å². The first-order valence-electron chi connectivity index (χ1n) is 11.5. The highest BCUT2D eigenvalue weighted by molar-refractivity contribution is 5.75. The van der Waals surface area contributed by atoms with E-state index in [4.69, 9.17) is 15.7 Å². The van der Waals surface area contributed by atoms with Gasteiger partial charge >= 0.3 is 6.18 Å². The molecular formula is C25H28F3N5O. The molecule has 1 aromatic heterocycles. The largest absolute Gasteiger partial charge is 0.416 e. The normalized spacial score (nSPS) is 16.2. The van der Waals surface area contributed by atoms with Crippen LogP contribution in [-0.4, -0.2) is 27.5 Å². The quantitative estimate of drug-likeness (QED) is 0.350. The fraction of sp³-hybridized carbons (Fsp3) is 0.400. The lowest BCUT2D eigenvalue weighted by Gasteiger charge is -2.21. The second-order valence-electron chi connectivity index (χ2n) is 8.63. The number of alkyl halides is 3. The van der Waals surface area contributed by atoms with Gasteiger partial charge in [-0.2, -0.15) is 18.2 Å². The van der Waals surface area contributed by atoms with E-state index in [0.29, 0.717) is 19.4 Å². The summed E-state index contributed by atoms with van der Waals surface area (Å²) in [5.41, 5.74) is 7.63. The van der Waals surface area contributed by atoms with Gasteiger partial charge in [-0.15, -0.1) is 0 Å². The van der Waals surface area contributed by atoms with Gasteiger partial charge in [-0.05, 0) is 54.9 Å². The van der Waals surface area contributed by atoms with E-state index in [1.165, 1.54) is 11.6 Å². The summed E-state index contributed by atoms with van der Waals surface area (Å²) in [7, 11) is 0. The molecule has 34 heavy (non-hydrogen) atoms. The number of nitrogens with two attached hydrogens (primary N) is 1. The van der Waals surface area contributed by atoms with Crippen molar-refractivity contribution in [2.45, 2.75) is 57.7 Å². The zero-order chi connectivity index (χ0) is 24.3. The van der Waals surface area contributed by atoms with Crippen LogP contribution in [0.4, 0.5) is 13.2 Å². The molecule has 0 aliphatic carbocycles. The van der Waals surface area contributed by atoms with E-state index < -0.39 is 11.7 Å². The standard InChI is InChI=1S/C25H28F3N5O/c1-2-4-16-6-8-17(9-7-16)10-11-18-12-13-19(15-20(18)25(26,27)28)22-31-23(34-32-22)21-5-3-14-33(21)24(29)30/h6-9,12-13,15,21H,2-5,10-11,14H2,1H3,(H3,29,30). The number of hydrogen-bond donors (Lipinski definition) is 2. The van der Waals surface area contributed by atoms with Gasteiger partial charge in [-0.1, -0.05) is 54.9 Å². The lowest BCUT2D eigenvalue weighted by Crippen LogP contribution is -2.35. The third-order valence-corrected chi connectivity index (χ3v) is 6.21. The van der Waals surface area contributed by atoms with Gasteiger partial charge in [-0.3, -0.25) is 5.41 Å². The van der Waals surface area contributed by atoms with Gasteiger partial charge in [0, 0.05) is 12.1 Å². The van der Waals surface area contributed by atoms with Crippen LogP contribution in [0, 0.1) is 5.41 Å². The van der Waals surface area contributed by atoms with Gasteiger partial charge in [0.1, 0.15) is 6.04 Å². The topological polar surface area (TPSA) is 92.0 Å². The van der Waals surface area contributed by atoms with Crippen LogP contribution in [0.2, 0.25) is 0 Å². The second kappa shape index (κ2) is 9.87. The van der Waals surface area contributed by atoms with E-state index in [2.05, 4.69) is 17.1 Å². The van der Waals surface area contributed by atoms with Crippen molar-refractivity contribution in [2.24, 2.45) is 5.73 Å². The number of halogens is 3. The first-order chi connectivity index (χ1) is 16.3. The molecule has 0 radical (unpaired) electrons. The number of aromatic nitrogens is 2. The summed E-state index contributed by atoms with van der Waals surface area (Å²) in [4.78, 5) is 5.97. The van der Waals surface area contributed by atoms with E-state index in [1.54, 1.807) is 11.0 Å². The van der Waals surface area contributed by atoms with Gasteiger partial charge in [0.25, 0.3) is 0 Å². The first kappa shape index (κ1) is 23.8. The van der Waals surface area contributed by atoms with E-state index in [9.17, 15) is 13.2 Å². The molecule has 2 aromatic carbocycles. The number of likely N-dealkylation sites (tertiary alicyclic amines) is 1. The summed E-state index contributed by atoms with van der Waals surface area (Å²) < 4.78 is 47.0. The molecule has 1 atom stereocenters. The molecule has 1 unspecified atom stereocenters. The summed E-state index contributed by atoms with van der Waals surface area (Å²) in [5.74, 6) is 0.256. The highest BCUT2D eigenvalue weighted by Crippen LogP contribution is 2.36. The molecule has 1 saturated heterocycles. The van der Waals surface area contributed by atoms with Crippen molar-refractivity contribution in [3.63, 3.8) is 0 Å². The maximum absolute atomic E-state index is 13.9. The molecule has 0 bridgehead atoms. The molecule has 3 N–H and O–H groups in total. The molecule has 0 spiro atoms. The third kappa shape index (κ3) is 5.24. The Bertz CT molecular complexity index is 1140. The summed E-state index contributed by atoms with van der Waals surface area (Å²) >= 11 is 0. The summed E-state index contributed by atoms with van der Waals surface area (Å²) in [5, 5.41) is 11.6. The molecule has 180 valence electrons. The number of hydrogen-bond acceptors (Lipinski definition) is 4. The fourth-order valence-electron chi connectivity index (χ4n) is 4.44. The number of rotatable bonds is 7. The van der Waals surface area contributed by atoms with Crippen LogP contribution in [0.15, 0.2) is 47.0 Å². The number of nitrogens with zero attached hydrogens (tertiary/aromatic N) is 3. The summed E-state index contributed by atoms with van der Waals surface area (Å²) in [6.45, 7) is 2.72. The van der Waals surface area contributed by atoms with Crippen molar-refractivity contribution < 1.29 is 17.7 Å². The minimum Gasteiger partial charge on any atom is -0.370 e. The predicted octanol–water partition coefficient (Wildman–Crippen LogP) is 5.52. The van der Waals surface area contributed by atoms with E-state index in [-0.39, 0.29) is 41.3 Å².